The topological polar surface area (TPSA) is 49.5 Å². The highest BCUT2D eigenvalue weighted by molar-refractivity contribution is 5.49. The Morgan fingerprint density at radius 3 is 2.53 bits per heavy atom. The Balaban J connectivity index is 2.91. The molecule has 15 heavy (non-hydrogen) atoms. The molecule has 1 unspecified atom stereocenters. The van der Waals surface area contributed by atoms with E-state index in [-0.39, 0.29) is 12.6 Å². The van der Waals surface area contributed by atoms with Gasteiger partial charge in [-0.15, -0.1) is 0 Å². The zero-order valence-electron chi connectivity index (χ0n) is 9.48. The second-order valence-corrected chi connectivity index (χ2v) is 3.56. The molecule has 0 bridgehead atoms. The minimum atomic E-state index is -0.277. The maximum Gasteiger partial charge on any atom is 0.0624 e. The van der Waals surface area contributed by atoms with E-state index in [2.05, 4.69) is 24.8 Å². The third kappa shape index (κ3) is 2.94. The molecule has 3 heteroatoms. The number of aliphatic hydroxyl groups excluding tert-OH is 1. The maximum absolute atomic E-state index is 8.99. The summed E-state index contributed by atoms with van der Waals surface area (Å²) in [4.78, 5) is 2.26. The summed E-state index contributed by atoms with van der Waals surface area (Å²) in [5, 5.41) is 8.99. The number of nitrogens with zero attached hydrogens (tertiary/aromatic N) is 1. The van der Waals surface area contributed by atoms with Crippen molar-refractivity contribution >= 4 is 5.69 Å². The zero-order valence-corrected chi connectivity index (χ0v) is 9.48. The molecule has 1 aromatic rings. The third-order valence-corrected chi connectivity index (χ3v) is 2.62. The molecule has 3 nitrogen and oxygen atoms in total. The highest BCUT2D eigenvalue weighted by Crippen LogP contribution is 2.19. The van der Waals surface area contributed by atoms with Gasteiger partial charge in [0.05, 0.1) is 12.6 Å². The molecule has 1 rings (SSSR count). The number of nitrogens with two attached hydrogens (primary N) is 1. The Kier molecular flexibility index (Phi) is 4.59. The second kappa shape index (κ2) is 5.73. The number of benzene rings is 1. The van der Waals surface area contributed by atoms with Gasteiger partial charge in [-0.25, -0.2) is 0 Å². The standard InChI is InChI=1S/C12H20N2O/c1-3-14(4-2)11-7-5-6-10(8-11)12(13)9-15/h5-8,12,15H,3-4,9,13H2,1-2H3. The van der Waals surface area contributed by atoms with Crippen molar-refractivity contribution < 1.29 is 5.11 Å². The summed E-state index contributed by atoms with van der Waals surface area (Å²) in [5.74, 6) is 0. The van der Waals surface area contributed by atoms with Crippen molar-refractivity contribution in [2.75, 3.05) is 24.6 Å². The van der Waals surface area contributed by atoms with Crippen molar-refractivity contribution in [3.8, 4) is 0 Å². The van der Waals surface area contributed by atoms with E-state index < -0.39 is 0 Å². The summed E-state index contributed by atoms with van der Waals surface area (Å²) in [6.45, 7) is 6.20. The molecule has 0 aliphatic rings. The monoisotopic (exact) mass is 208 g/mol. The fraction of sp³-hybridized carbons (Fsp3) is 0.500. The van der Waals surface area contributed by atoms with Crippen molar-refractivity contribution in [2.45, 2.75) is 19.9 Å². The van der Waals surface area contributed by atoms with Crippen molar-refractivity contribution in [1.82, 2.24) is 0 Å². The fourth-order valence-electron chi connectivity index (χ4n) is 1.65. The summed E-state index contributed by atoms with van der Waals surface area (Å²) in [6, 6.07) is 7.78. The van der Waals surface area contributed by atoms with E-state index in [9.17, 15) is 0 Å². The summed E-state index contributed by atoms with van der Waals surface area (Å²) >= 11 is 0. The van der Waals surface area contributed by atoms with Gasteiger partial charge in [-0.2, -0.15) is 0 Å². The molecule has 0 heterocycles. The molecular weight excluding hydrogens is 188 g/mol. The van der Waals surface area contributed by atoms with Crippen LogP contribution in [0.15, 0.2) is 24.3 Å². The lowest BCUT2D eigenvalue weighted by Crippen LogP contribution is -2.22. The molecule has 0 aliphatic carbocycles. The van der Waals surface area contributed by atoms with Crippen LogP contribution in [0.4, 0.5) is 5.69 Å². The van der Waals surface area contributed by atoms with Gasteiger partial charge in [0.15, 0.2) is 0 Å². The summed E-state index contributed by atoms with van der Waals surface area (Å²) < 4.78 is 0. The van der Waals surface area contributed by atoms with Crippen molar-refractivity contribution in [1.29, 1.82) is 0 Å². The van der Waals surface area contributed by atoms with E-state index in [0.717, 1.165) is 18.7 Å². The molecule has 0 fully saturated rings. The maximum atomic E-state index is 8.99. The first-order valence-electron chi connectivity index (χ1n) is 5.44. The first-order chi connectivity index (χ1) is 7.22. The Morgan fingerprint density at radius 1 is 1.33 bits per heavy atom. The van der Waals surface area contributed by atoms with E-state index in [1.807, 2.05) is 18.2 Å². The molecule has 1 aromatic carbocycles. The van der Waals surface area contributed by atoms with Crippen LogP contribution in [0.3, 0.4) is 0 Å². The second-order valence-electron chi connectivity index (χ2n) is 3.56. The minimum absolute atomic E-state index is 0.0122. The van der Waals surface area contributed by atoms with Gasteiger partial charge in [0.1, 0.15) is 0 Å². The van der Waals surface area contributed by atoms with Crippen LogP contribution >= 0.6 is 0 Å². The van der Waals surface area contributed by atoms with Gasteiger partial charge < -0.3 is 15.7 Å². The van der Waals surface area contributed by atoms with Crippen LogP contribution in [-0.2, 0) is 0 Å². The van der Waals surface area contributed by atoms with Gasteiger partial charge in [-0.3, -0.25) is 0 Å². The van der Waals surface area contributed by atoms with E-state index in [0.29, 0.717) is 0 Å². The van der Waals surface area contributed by atoms with Gasteiger partial charge in [-0.05, 0) is 31.5 Å². The Labute approximate surface area is 91.5 Å². The summed E-state index contributed by atoms with van der Waals surface area (Å²) in [7, 11) is 0. The largest absolute Gasteiger partial charge is 0.394 e. The molecule has 0 radical (unpaired) electrons. The SMILES string of the molecule is CCN(CC)c1cccc(C(N)CO)c1. The number of aliphatic hydroxyl groups is 1. The minimum Gasteiger partial charge on any atom is -0.394 e. The number of hydrogen-bond acceptors (Lipinski definition) is 3. The predicted molar refractivity (Wildman–Crippen MR) is 64.0 cm³/mol. The van der Waals surface area contributed by atoms with Crippen LogP contribution in [-0.4, -0.2) is 24.8 Å². The highest BCUT2D eigenvalue weighted by Gasteiger charge is 2.07. The molecule has 1 atom stereocenters. The summed E-state index contributed by atoms with van der Waals surface area (Å²) in [6.07, 6.45) is 0. The lowest BCUT2D eigenvalue weighted by Gasteiger charge is -2.22. The Morgan fingerprint density at radius 2 is 2.00 bits per heavy atom. The van der Waals surface area contributed by atoms with Crippen LogP contribution in [0.25, 0.3) is 0 Å². The molecule has 0 aromatic heterocycles. The smallest absolute Gasteiger partial charge is 0.0624 e. The van der Waals surface area contributed by atoms with E-state index in [1.54, 1.807) is 0 Å². The fourth-order valence-corrected chi connectivity index (χ4v) is 1.65. The average Bonchev–Trinajstić information content (AvgIpc) is 2.30. The summed E-state index contributed by atoms with van der Waals surface area (Å²) in [5.41, 5.74) is 7.93. The lowest BCUT2D eigenvalue weighted by molar-refractivity contribution is 0.268. The predicted octanol–water partition coefficient (Wildman–Crippen LogP) is 1.52. The highest BCUT2D eigenvalue weighted by atomic mass is 16.3. The number of anilines is 1. The van der Waals surface area contributed by atoms with Gasteiger partial charge in [0.2, 0.25) is 0 Å². The van der Waals surface area contributed by atoms with Crippen LogP contribution < -0.4 is 10.6 Å². The first kappa shape index (κ1) is 12.0. The third-order valence-electron chi connectivity index (χ3n) is 2.62. The van der Waals surface area contributed by atoms with Crippen LogP contribution in [0.1, 0.15) is 25.5 Å². The van der Waals surface area contributed by atoms with Gasteiger partial charge in [0.25, 0.3) is 0 Å². The molecule has 0 saturated carbocycles. The normalized spacial score (nSPS) is 12.5. The molecule has 0 amide bonds. The molecular formula is C12H20N2O. The van der Waals surface area contributed by atoms with E-state index in [4.69, 9.17) is 10.8 Å². The quantitative estimate of drug-likeness (QED) is 0.771. The number of rotatable bonds is 5. The van der Waals surface area contributed by atoms with Crippen LogP contribution in [0.5, 0.6) is 0 Å². The van der Waals surface area contributed by atoms with E-state index >= 15 is 0 Å². The molecule has 0 aliphatic heterocycles. The van der Waals surface area contributed by atoms with Gasteiger partial charge in [-0.1, -0.05) is 12.1 Å². The van der Waals surface area contributed by atoms with Crippen molar-refractivity contribution in [3.05, 3.63) is 29.8 Å². The zero-order chi connectivity index (χ0) is 11.3. The first-order valence-corrected chi connectivity index (χ1v) is 5.44. The van der Waals surface area contributed by atoms with E-state index in [1.165, 1.54) is 5.69 Å². The van der Waals surface area contributed by atoms with Crippen molar-refractivity contribution in [2.24, 2.45) is 5.73 Å². The van der Waals surface area contributed by atoms with Crippen LogP contribution in [0.2, 0.25) is 0 Å². The lowest BCUT2D eigenvalue weighted by atomic mass is 10.1. The Bertz CT molecular complexity index is 297. The Hall–Kier alpha value is -1.06. The van der Waals surface area contributed by atoms with Crippen LogP contribution in [0, 0.1) is 0 Å². The molecule has 84 valence electrons. The molecule has 0 saturated heterocycles. The molecule has 3 N–H and O–H groups in total. The molecule has 0 spiro atoms. The number of hydrogen-bond donors (Lipinski definition) is 2. The van der Waals surface area contributed by atoms with Gasteiger partial charge in [0, 0.05) is 18.8 Å². The van der Waals surface area contributed by atoms with Crippen molar-refractivity contribution in [3.63, 3.8) is 0 Å². The average molecular weight is 208 g/mol. The van der Waals surface area contributed by atoms with Gasteiger partial charge >= 0.3 is 0 Å².